The van der Waals surface area contributed by atoms with Crippen molar-refractivity contribution in [2.75, 3.05) is 41.7 Å². The van der Waals surface area contributed by atoms with Gasteiger partial charge in [-0.25, -0.2) is 9.97 Å². The molecule has 2 aliphatic heterocycles. The van der Waals surface area contributed by atoms with Crippen molar-refractivity contribution < 1.29 is 4.79 Å². The number of amides is 1. The third kappa shape index (κ3) is 6.10. The van der Waals surface area contributed by atoms with Gasteiger partial charge in [-0.15, -0.1) is 0 Å². The molecule has 170 valence electrons. The molecular formula is C22H30N8OS. The van der Waals surface area contributed by atoms with Crippen LogP contribution in [0.15, 0.2) is 45.5 Å². The molecule has 3 heterocycles. The molecule has 2 aliphatic rings. The number of nitrogens with one attached hydrogen (secondary N) is 4. The van der Waals surface area contributed by atoms with E-state index in [1.807, 2.05) is 44.2 Å². The van der Waals surface area contributed by atoms with Crippen LogP contribution in [0.3, 0.4) is 0 Å². The molecule has 1 atom stereocenters. The zero-order valence-corrected chi connectivity index (χ0v) is 19.3. The number of hydrogen-bond donors (Lipinski definition) is 4. The smallest absolute Gasteiger partial charge is 0.224 e. The maximum Gasteiger partial charge on any atom is 0.224 e. The monoisotopic (exact) mass is 454 g/mol. The van der Waals surface area contributed by atoms with Gasteiger partial charge in [0.1, 0.15) is 17.8 Å². The zero-order chi connectivity index (χ0) is 22.3. The van der Waals surface area contributed by atoms with Gasteiger partial charge in [-0.2, -0.15) is 5.10 Å². The lowest BCUT2D eigenvalue weighted by Crippen LogP contribution is -2.31. The minimum absolute atomic E-state index is 0.00355. The Morgan fingerprint density at radius 1 is 1.22 bits per heavy atom. The van der Waals surface area contributed by atoms with Crippen molar-refractivity contribution in [2.24, 2.45) is 5.10 Å². The molecule has 1 fully saturated rings. The minimum Gasteiger partial charge on any atom is -0.355 e. The van der Waals surface area contributed by atoms with E-state index in [4.69, 9.17) is 9.97 Å². The normalized spacial score (nSPS) is 18.5. The van der Waals surface area contributed by atoms with Crippen LogP contribution in [0.5, 0.6) is 0 Å². The molecule has 4 rings (SSSR count). The number of nitrogens with zero attached hydrogens (tertiary/aromatic N) is 4. The van der Waals surface area contributed by atoms with Crippen LogP contribution in [-0.4, -0.2) is 53.9 Å². The largest absolute Gasteiger partial charge is 0.355 e. The van der Waals surface area contributed by atoms with E-state index in [1.165, 1.54) is 11.8 Å². The highest BCUT2D eigenvalue weighted by molar-refractivity contribution is 7.99. The zero-order valence-electron chi connectivity index (χ0n) is 18.5. The molecule has 2 aromatic rings. The summed E-state index contributed by atoms with van der Waals surface area (Å²) >= 11 is 1.51. The molecule has 1 aromatic heterocycles. The lowest BCUT2D eigenvalue weighted by molar-refractivity contribution is -0.115. The molecule has 32 heavy (non-hydrogen) atoms. The molecule has 10 heteroatoms. The van der Waals surface area contributed by atoms with Gasteiger partial charge in [0.05, 0.1) is 0 Å². The Morgan fingerprint density at radius 3 is 2.81 bits per heavy atom. The fourth-order valence-corrected chi connectivity index (χ4v) is 4.33. The van der Waals surface area contributed by atoms with E-state index in [0.29, 0.717) is 11.6 Å². The van der Waals surface area contributed by atoms with E-state index >= 15 is 0 Å². The molecule has 0 bridgehead atoms. The summed E-state index contributed by atoms with van der Waals surface area (Å²) in [6.45, 7) is 7.69. The summed E-state index contributed by atoms with van der Waals surface area (Å²) in [6, 6.07) is 9.79. The van der Waals surface area contributed by atoms with Crippen LogP contribution in [0.1, 0.15) is 33.1 Å². The second-order valence-electron chi connectivity index (χ2n) is 7.89. The number of rotatable bonds is 7. The van der Waals surface area contributed by atoms with Gasteiger partial charge in [-0.1, -0.05) is 6.92 Å². The van der Waals surface area contributed by atoms with Gasteiger partial charge >= 0.3 is 0 Å². The van der Waals surface area contributed by atoms with Crippen LogP contribution >= 0.6 is 11.8 Å². The first kappa shape index (κ1) is 22.3. The summed E-state index contributed by atoms with van der Waals surface area (Å²) in [5, 5.41) is 14.7. The topological polar surface area (TPSA) is 107 Å². The number of aromatic nitrogens is 2. The first-order chi connectivity index (χ1) is 15.6. The number of benzene rings is 1. The van der Waals surface area contributed by atoms with Crippen molar-refractivity contribution >= 4 is 40.7 Å². The predicted molar refractivity (Wildman–Crippen MR) is 129 cm³/mol. The van der Waals surface area contributed by atoms with Crippen LogP contribution < -0.4 is 26.3 Å². The molecular weight excluding hydrogens is 424 g/mol. The van der Waals surface area contributed by atoms with Crippen LogP contribution in [-0.2, 0) is 4.79 Å². The lowest BCUT2D eigenvalue weighted by atomic mass is 10.2. The number of hydrogen-bond acceptors (Lipinski definition) is 9. The van der Waals surface area contributed by atoms with Crippen molar-refractivity contribution in [1.82, 2.24) is 20.7 Å². The molecule has 1 amide bonds. The fraction of sp³-hybridized carbons (Fsp3) is 0.455. The molecule has 0 spiro atoms. The van der Waals surface area contributed by atoms with Crippen molar-refractivity contribution in [3.05, 3.63) is 30.3 Å². The fourth-order valence-electron chi connectivity index (χ4n) is 3.57. The van der Waals surface area contributed by atoms with Crippen molar-refractivity contribution in [1.29, 1.82) is 0 Å². The first-order valence-corrected chi connectivity index (χ1v) is 11.9. The summed E-state index contributed by atoms with van der Waals surface area (Å²) in [7, 11) is 0. The SMILES string of the molecule is CCC(=O)Nc1ccc(Sc2nc(NC3CC(C)=NN3)cc(N3CCCNCC3)n2)cc1. The predicted octanol–water partition coefficient (Wildman–Crippen LogP) is 2.88. The van der Waals surface area contributed by atoms with Gasteiger partial charge in [-0.3, -0.25) is 10.2 Å². The van der Waals surface area contributed by atoms with Crippen LogP contribution in [0.25, 0.3) is 0 Å². The summed E-state index contributed by atoms with van der Waals surface area (Å²) < 4.78 is 0. The average molecular weight is 455 g/mol. The molecule has 0 saturated carbocycles. The Hall–Kier alpha value is -2.85. The van der Waals surface area contributed by atoms with E-state index in [1.54, 1.807) is 0 Å². The highest BCUT2D eigenvalue weighted by Gasteiger charge is 2.19. The Morgan fingerprint density at radius 2 is 2.06 bits per heavy atom. The standard InChI is InChI=1S/C22H30N8OS/c1-3-21(31)24-16-5-7-17(8-6-16)32-22-26-18(25-19-13-15(2)28-29-19)14-20(27-22)30-11-4-9-23-10-12-30/h5-8,14,19,23,29H,3-4,9-13H2,1-2H3,(H,24,31)(H,25,26,27). The highest BCUT2D eigenvalue weighted by atomic mass is 32.2. The Balaban J connectivity index is 1.53. The molecule has 0 aliphatic carbocycles. The first-order valence-electron chi connectivity index (χ1n) is 11.1. The van der Waals surface area contributed by atoms with Gasteiger partial charge < -0.3 is 20.9 Å². The van der Waals surface area contributed by atoms with Gasteiger partial charge in [0.2, 0.25) is 5.91 Å². The highest BCUT2D eigenvalue weighted by Crippen LogP contribution is 2.29. The van der Waals surface area contributed by atoms with E-state index in [9.17, 15) is 4.79 Å². The maximum atomic E-state index is 11.6. The van der Waals surface area contributed by atoms with Gasteiger partial charge in [0.25, 0.3) is 0 Å². The molecule has 1 unspecified atom stereocenters. The van der Waals surface area contributed by atoms with Crippen molar-refractivity contribution in [3.63, 3.8) is 0 Å². The van der Waals surface area contributed by atoms with Crippen LogP contribution in [0.2, 0.25) is 0 Å². The average Bonchev–Trinajstić information content (AvgIpc) is 3.02. The molecule has 9 nitrogen and oxygen atoms in total. The van der Waals surface area contributed by atoms with Crippen LogP contribution in [0, 0.1) is 0 Å². The summed E-state index contributed by atoms with van der Waals surface area (Å²) in [4.78, 5) is 24.5. The second kappa shape index (κ2) is 10.6. The molecule has 1 saturated heterocycles. The van der Waals surface area contributed by atoms with E-state index in [-0.39, 0.29) is 12.1 Å². The van der Waals surface area contributed by atoms with Crippen LogP contribution in [0.4, 0.5) is 17.3 Å². The summed E-state index contributed by atoms with van der Waals surface area (Å²) in [6.07, 6.45) is 2.40. The maximum absolute atomic E-state index is 11.6. The molecule has 0 radical (unpaired) electrons. The minimum atomic E-state index is 0.00355. The third-order valence-corrected chi connectivity index (χ3v) is 6.13. The Labute approximate surface area is 192 Å². The second-order valence-corrected chi connectivity index (χ2v) is 8.93. The quantitative estimate of drug-likeness (QED) is 0.473. The number of anilines is 3. The van der Waals surface area contributed by atoms with E-state index < -0.39 is 0 Å². The van der Waals surface area contributed by atoms with Crippen molar-refractivity contribution in [2.45, 2.75) is 49.3 Å². The Bertz CT molecular complexity index is 957. The molecule has 4 N–H and O–H groups in total. The number of carbonyl (C=O) groups is 1. The third-order valence-electron chi connectivity index (χ3n) is 5.26. The van der Waals surface area contributed by atoms with Gasteiger partial charge in [0, 0.05) is 54.8 Å². The summed E-state index contributed by atoms with van der Waals surface area (Å²) in [5.74, 6) is 1.71. The number of carbonyl (C=O) groups excluding carboxylic acids is 1. The Kier molecular flexibility index (Phi) is 7.43. The summed E-state index contributed by atoms with van der Waals surface area (Å²) in [5.41, 5.74) is 4.97. The number of hydrazone groups is 1. The lowest BCUT2D eigenvalue weighted by Gasteiger charge is -2.23. The van der Waals surface area contributed by atoms with E-state index in [2.05, 4.69) is 31.4 Å². The van der Waals surface area contributed by atoms with Gasteiger partial charge in [0.15, 0.2) is 5.16 Å². The molecule has 1 aromatic carbocycles. The van der Waals surface area contributed by atoms with Gasteiger partial charge in [-0.05, 0) is 55.9 Å². The van der Waals surface area contributed by atoms with E-state index in [0.717, 1.165) is 67.0 Å². The van der Waals surface area contributed by atoms with Crippen molar-refractivity contribution in [3.8, 4) is 0 Å².